The van der Waals surface area contributed by atoms with Crippen molar-refractivity contribution >= 4 is 5.91 Å². The van der Waals surface area contributed by atoms with E-state index in [1.807, 2.05) is 70.6 Å². The van der Waals surface area contributed by atoms with Gasteiger partial charge in [-0.15, -0.1) is 10.2 Å². The van der Waals surface area contributed by atoms with E-state index in [1.165, 1.54) is 0 Å². The van der Waals surface area contributed by atoms with Crippen LogP contribution in [-0.2, 0) is 24.4 Å². The molecule has 7 nitrogen and oxygen atoms in total. The lowest BCUT2D eigenvalue weighted by Crippen LogP contribution is -2.41. The molecule has 2 aromatic heterocycles. The van der Waals surface area contributed by atoms with Gasteiger partial charge in [-0.05, 0) is 25.5 Å². The zero-order valence-corrected chi connectivity index (χ0v) is 14.3. The van der Waals surface area contributed by atoms with Crippen LogP contribution < -0.4 is 0 Å². The number of hydrogen-bond acceptors (Lipinski definition) is 4. The van der Waals surface area contributed by atoms with Crippen molar-refractivity contribution in [2.45, 2.75) is 39.5 Å². The monoisotopic (exact) mass is 336 g/mol. The molecular formula is C18H20N6O. The molecule has 0 saturated carbocycles. The van der Waals surface area contributed by atoms with Crippen molar-refractivity contribution in [1.82, 2.24) is 29.4 Å². The van der Waals surface area contributed by atoms with Crippen LogP contribution in [0.25, 0.3) is 11.5 Å². The molecular weight excluding hydrogens is 316 g/mol. The summed E-state index contributed by atoms with van der Waals surface area (Å²) in [5.41, 5.74) is 1.86. The molecule has 3 aromatic rings. The van der Waals surface area contributed by atoms with Crippen molar-refractivity contribution in [3.05, 3.63) is 54.0 Å². The molecule has 0 radical (unpaired) electrons. The molecule has 0 unspecified atom stereocenters. The zero-order valence-electron chi connectivity index (χ0n) is 14.3. The molecule has 0 fully saturated rings. The van der Waals surface area contributed by atoms with Gasteiger partial charge in [-0.2, -0.15) is 5.10 Å². The first kappa shape index (κ1) is 15.6. The van der Waals surface area contributed by atoms with Crippen LogP contribution in [0.2, 0.25) is 0 Å². The van der Waals surface area contributed by atoms with Crippen molar-refractivity contribution in [3.8, 4) is 11.5 Å². The Hall–Kier alpha value is -2.96. The lowest BCUT2D eigenvalue weighted by Gasteiger charge is -2.32. The number of benzene rings is 1. The molecule has 0 saturated heterocycles. The van der Waals surface area contributed by atoms with Gasteiger partial charge in [-0.1, -0.05) is 30.3 Å². The van der Waals surface area contributed by atoms with Gasteiger partial charge in [0.2, 0.25) is 5.91 Å². The van der Waals surface area contributed by atoms with Crippen LogP contribution in [0.4, 0.5) is 0 Å². The number of fused-ring (bicyclic) bond motifs is 1. The topological polar surface area (TPSA) is 68.8 Å². The Morgan fingerprint density at radius 3 is 2.68 bits per heavy atom. The molecule has 1 aliphatic rings. The van der Waals surface area contributed by atoms with Gasteiger partial charge in [0.25, 0.3) is 0 Å². The Morgan fingerprint density at radius 2 is 1.96 bits per heavy atom. The average molecular weight is 336 g/mol. The third-order valence-electron chi connectivity index (χ3n) is 4.57. The number of amides is 1. The minimum absolute atomic E-state index is 0.0762. The first-order valence-electron chi connectivity index (χ1n) is 8.47. The SMILES string of the molecule is CCn1ccc(-c2nnc3n2[C@@H](C)C(=O)N(Cc2ccccc2)C3)n1. The van der Waals surface area contributed by atoms with Crippen LogP contribution in [0.3, 0.4) is 0 Å². The molecule has 1 amide bonds. The highest BCUT2D eigenvalue weighted by Crippen LogP contribution is 2.28. The van der Waals surface area contributed by atoms with Crippen LogP contribution in [0.15, 0.2) is 42.6 Å². The number of hydrogen-bond donors (Lipinski definition) is 0. The number of nitrogens with zero attached hydrogens (tertiary/aromatic N) is 6. The van der Waals surface area contributed by atoms with Gasteiger partial charge in [0.1, 0.15) is 11.7 Å². The number of carbonyl (C=O) groups excluding carboxylic acids is 1. The summed E-state index contributed by atoms with van der Waals surface area (Å²) in [6.07, 6.45) is 1.91. The van der Waals surface area contributed by atoms with E-state index in [4.69, 9.17) is 0 Å². The zero-order chi connectivity index (χ0) is 17.4. The average Bonchev–Trinajstić information content (AvgIpc) is 3.26. The van der Waals surface area contributed by atoms with E-state index in [2.05, 4.69) is 15.3 Å². The second kappa shape index (κ2) is 6.16. The fraction of sp³-hybridized carbons (Fsp3) is 0.333. The van der Waals surface area contributed by atoms with Crippen LogP contribution >= 0.6 is 0 Å². The fourth-order valence-electron chi connectivity index (χ4n) is 3.23. The Balaban J connectivity index is 1.65. The summed E-state index contributed by atoms with van der Waals surface area (Å²) in [7, 11) is 0. The molecule has 4 rings (SSSR count). The highest BCUT2D eigenvalue weighted by atomic mass is 16.2. The number of aryl methyl sites for hydroxylation is 1. The van der Waals surface area contributed by atoms with Crippen molar-refractivity contribution in [2.75, 3.05) is 0 Å². The number of aromatic nitrogens is 5. The summed E-state index contributed by atoms with van der Waals surface area (Å²) >= 11 is 0. The Bertz CT molecular complexity index is 897. The molecule has 1 atom stereocenters. The predicted molar refractivity (Wildman–Crippen MR) is 92.3 cm³/mol. The third-order valence-corrected chi connectivity index (χ3v) is 4.57. The molecule has 25 heavy (non-hydrogen) atoms. The summed E-state index contributed by atoms with van der Waals surface area (Å²) < 4.78 is 3.75. The van der Waals surface area contributed by atoms with E-state index < -0.39 is 0 Å². The second-order valence-corrected chi connectivity index (χ2v) is 6.22. The lowest BCUT2D eigenvalue weighted by molar-refractivity contribution is -0.137. The molecule has 1 aromatic carbocycles. The van der Waals surface area contributed by atoms with Gasteiger partial charge < -0.3 is 4.90 Å². The maximum absolute atomic E-state index is 12.9. The third kappa shape index (κ3) is 2.71. The summed E-state index contributed by atoms with van der Waals surface area (Å²) in [6, 6.07) is 11.6. The van der Waals surface area contributed by atoms with Crippen LogP contribution in [0.5, 0.6) is 0 Å². The predicted octanol–water partition coefficient (Wildman–Crippen LogP) is 2.26. The Kier molecular flexibility index (Phi) is 3.83. The van der Waals surface area contributed by atoms with Gasteiger partial charge in [0.05, 0.1) is 6.54 Å². The maximum Gasteiger partial charge on any atom is 0.246 e. The van der Waals surface area contributed by atoms with Crippen molar-refractivity contribution in [2.24, 2.45) is 0 Å². The Morgan fingerprint density at radius 1 is 1.16 bits per heavy atom. The molecule has 7 heteroatoms. The summed E-state index contributed by atoms with van der Waals surface area (Å²) in [6.45, 7) is 5.76. The van der Waals surface area contributed by atoms with E-state index in [9.17, 15) is 4.79 Å². The first-order chi connectivity index (χ1) is 12.2. The quantitative estimate of drug-likeness (QED) is 0.733. The Labute approximate surface area is 145 Å². The smallest absolute Gasteiger partial charge is 0.246 e. The largest absolute Gasteiger partial charge is 0.329 e. The number of carbonyl (C=O) groups is 1. The molecule has 0 aliphatic carbocycles. The van der Waals surface area contributed by atoms with Crippen LogP contribution in [0.1, 0.15) is 31.3 Å². The van der Waals surface area contributed by atoms with Crippen LogP contribution in [-0.4, -0.2) is 35.4 Å². The van der Waals surface area contributed by atoms with E-state index >= 15 is 0 Å². The van der Waals surface area contributed by atoms with Crippen molar-refractivity contribution < 1.29 is 4.79 Å². The second-order valence-electron chi connectivity index (χ2n) is 6.22. The van der Waals surface area contributed by atoms with Gasteiger partial charge in [-0.25, -0.2) is 0 Å². The minimum Gasteiger partial charge on any atom is -0.329 e. The van der Waals surface area contributed by atoms with Gasteiger partial charge in [0, 0.05) is 19.3 Å². The molecule has 0 N–H and O–H groups in total. The highest BCUT2D eigenvalue weighted by Gasteiger charge is 2.33. The van der Waals surface area contributed by atoms with E-state index in [-0.39, 0.29) is 11.9 Å². The molecule has 128 valence electrons. The van der Waals surface area contributed by atoms with Crippen molar-refractivity contribution in [3.63, 3.8) is 0 Å². The van der Waals surface area contributed by atoms with E-state index in [1.54, 1.807) is 0 Å². The molecule has 0 spiro atoms. The molecule has 3 heterocycles. The lowest BCUT2D eigenvalue weighted by atomic mass is 10.1. The molecule has 1 aliphatic heterocycles. The van der Waals surface area contributed by atoms with Gasteiger partial charge in [0.15, 0.2) is 11.6 Å². The van der Waals surface area contributed by atoms with E-state index in [0.29, 0.717) is 18.9 Å². The van der Waals surface area contributed by atoms with Crippen LogP contribution in [0, 0.1) is 0 Å². The highest BCUT2D eigenvalue weighted by molar-refractivity contribution is 5.81. The maximum atomic E-state index is 12.9. The van der Waals surface area contributed by atoms with Crippen molar-refractivity contribution in [1.29, 1.82) is 0 Å². The number of rotatable bonds is 4. The fourth-order valence-corrected chi connectivity index (χ4v) is 3.23. The minimum atomic E-state index is -0.343. The standard InChI is InChI=1S/C18H20N6O/c1-3-23-10-9-15(21-23)17-20-19-16-12-22(18(25)13(2)24(16)17)11-14-7-5-4-6-8-14/h4-10,13H,3,11-12H2,1-2H3/t13-/m0/s1. The van der Waals surface area contributed by atoms with E-state index in [0.717, 1.165) is 23.6 Å². The van der Waals surface area contributed by atoms with Gasteiger partial charge in [-0.3, -0.25) is 14.0 Å². The first-order valence-corrected chi connectivity index (χ1v) is 8.47. The summed E-state index contributed by atoms with van der Waals surface area (Å²) in [4.78, 5) is 14.7. The normalized spacial score (nSPS) is 17.0. The summed E-state index contributed by atoms with van der Waals surface area (Å²) in [5.74, 6) is 1.53. The molecule has 0 bridgehead atoms. The summed E-state index contributed by atoms with van der Waals surface area (Å²) in [5, 5.41) is 13.1. The van der Waals surface area contributed by atoms with Gasteiger partial charge >= 0.3 is 0 Å².